The Labute approximate surface area is 177 Å². The topological polar surface area (TPSA) is 77.1 Å². The molecule has 1 atom stereocenters. The van der Waals surface area contributed by atoms with Crippen molar-refractivity contribution in [3.8, 4) is 17.2 Å². The van der Waals surface area contributed by atoms with E-state index in [2.05, 4.69) is 5.32 Å². The number of methoxy groups -OCH3 is 2. The van der Waals surface area contributed by atoms with Gasteiger partial charge in [0, 0.05) is 13.1 Å². The summed E-state index contributed by atoms with van der Waals surface area (Å²) in [7, 11) is 3.18. The SMILES string of the molecule is CCCNC(=O)C(C)N(Cc1ccc(OC)cc1)C(=O)COc1ccc(OC)cc1. The Kier molecular flexibility index (Phi) is 9.00. The number of carbonyl (C=O) groups excluding carboxylic acids is 2. The first-order chi connectivity index (χ1) is 14.5. The van der Waals surface area contributed by atoms with Crippen molar-refractivity contribution < 1.29 is 23.8 Å². The summed E-state index contributed by atoms with van der Waals surface area (Å²) in [6.07, 6.45) is 0.825. The van der Waals surface area contributed by atoms with Gasteiger partial charge in [-0.05, 0) is 55.3 Å². The number of hydrogen-bond acceptors (Lipinski definition) is 5. The molecule has 0 aromatic heterocycles. The molecule has 0 aliphatic heterocycles. The smallest absolute Gasteiger partial charge is 0.261 e. The van der Waals surface area contributed by atoms with E-state index in [1.54, 1.807) is 45.4 Å². The predicted octanol–water partition coefficient (Wildman–Crippen LogP) is 3.03. The van der Waals surface area contributed by atoms with Crippen molar-refractivity contribution >= 4 is 11.8 Å². The molecule has 30 heavy (non-hydrogen) atoms. The summed E-state index contributed by atoms with van der Waals surface area (Å²) in [5.41, 5.74) is 0.892. The van der Waals surface area contributed by atoms with Crippen molar-refractivity contribution in [1.82, 2.24) is 10.2 Å². The minimum atomic E-state index is -0.634. The third-order valence-corrected chi connectivity index (χ3v) is 4.65. The number of amides is 2. The van der Waals surface area contributed by atoms with Crippen LogP contribution in [0.25, 0.3) is 0 Å². The number of ether oxygens (including phenoxy) is 3. The molecule has 0 aliphatic rings. The maximum absolute atomic E-state index is 13.0. The van der Waals surface area contributed by atoms with Gasteiger partial charge in [0.05, 0.1) is 14.2 Å². The van der Waals surface area contributed by atoms with Crippen LogP contribution >= 0.6 is 0 Å². The second-order valence-corrected chi connectivity index (χ2v) is 6.80. The quantitative estimate of drug-likeness (QED) is 0.612. The number of benzene rings is 2. The molecule has 2 rings (SSSR count). The van der Waals surface area contributed by atoms with Gasteiger partial charge in [-0.3, -0.25) is 9.59 Å². The minimum absolute atomic E-state index is 0.173. The van der Waals surface area contributed by atoms with Crippen molar-refractivity contribution in [2.45, 2.75) is 32.9 Å². The van der Waals surface area contributed by atoms with E-state index < -0.39 is 6.04 Å². The number of nitrogens with zero attached hydrogens (tertiary/aromatic N) is 1. The first-order valence-electron chi connectivity index (χ1n) is 9.95. The van der Waals surface area contributed by atoms with E-state index in [0.717, 1.165) is 17.7 Å². The molecule has 0 saturated carbocycles. The van der Waals surface area contributed by atoms with Crippen LogP contribution in [-0.2, 0) is 16.1 Å². The largest absolute Gasteiger partial charge is 0.497 e. The summed E-state index contributed by atoms with van der Waals surface area (Å²) in [6.45, 7) is 4.38. The summed E-state index contributed by atoms with van der Waals surface area (Å²) < 4.78 is 15.9. The summed E-state index contributed by atoms with van der Waals surface area (Å²) >= 11 is 0. The van der Waals surface area contributed by atoms with E-state index in [4.69, 9.17) is 14.2 Å². The van der Waals surface area contributed by atoms with E-state index in [-0.39, 0.29) is 25.0 Å². The van der Waals surface area contributed by atoms with Gasteiger partial charge in [-0.15, -0.1) is 0 Å². The second-order valence-electron chi connectivity index (χ2n) is 6.80. The molecular formula is C23H30N2O5. The average molecular weight is 415 g/mol. The highest BCUT2D eigenvalue weighted by molar-refractivity contribution is 5.87. The molecule has 0 radical (unpaired) electrons. The standard InChI is InChI=1S/C23H30N2O5/c1-5-14-24-23(27)17(2)25(15-18-6-8-19(28-3)9-7-18)22(26)16-30-21-12-10-20(29-4)11-13-21/h6-13,17H,5,14-16H2,1-4H3,(H,24,27). The molecule has 7 nitrogen and oxygen atoms in total. The fourth-order valence-electron chi connectivity index (χ4n) is 2.81. The van der Waals surface area contributed by atoms with Gasteiger partial charge in [0.1, 0.15) is 23.3 Å². The molecule has 0 spiro atoms. The lowest BCUT2D eigenvalue weighted by molar-refractivity contribution is -0.142. The molecular weight excluding hydrogens is 384 g/mol. The molecule has 1 N–H and O–H groups in total. The second kappa shape index (κ2) is 11.7. The van der Waals surface area contributed by atoms with Gasteiger partial charge in [-0.1, -0.05) is 19.1 Å². The van der Waals surface area contributed by atoms with E-state index in [1.165, 1.54) is 4.90 Å². The number of nitrogens with one attached hydrogen (secondary N) is 1. The first kappa shape index (κ1) is 23.1. The van der Waals surface area contributed by atoms with Crippen LogP contribution in [-0.4, -0.2) is 50.1 Å². The molecule has 0 bridgehead atoms. The third kappa shape index (κ3) is 6.69. The van der Waals surface area contributed by atoms with Crippen LogP contribution in [0.3, 0.4) is 0 Å². The molecule has 1 unspecified atom stereocenters. The Bertz CT molecular complexity index is 805. The van der Waals surface area contributed by atoms with Gasteiger partial charge in [-0.25, -0.2) is 0 Å². The molecule has 0 saturated heterocycles. The Morgan fingerprint density at radius 2 is 1.47 bits per heavy atom. The lowest BCUT2D eigenvalue weighted by Crippen LogP contribution is -2.49. The van der Waals surface area contributed by atoms with Crippen molar-refractivity contribution in [3.63, 3.8) is 0 Å². The summed E-state index contributed by atoms with van der Waals surface area (Å²) in [6, 6.07) is 13.8. The number of rotatable bonds is 11. The predicted molar refractivity (Wildman–Crippen MR) is 115 cm³/mol. The van der Waals surface area contributed by atoms with Crippen molar-refractivity contribution in [2.75, 3.05) is 27.4 Å². The Balaban J connectivity index is 2.10. The monoisotopic (exact) mass is 414 g/mol. The summed E-state index contributed by atoms with van der Waals surface area (Å²) in [5, 5.41) is 2.85. The lowest BCUT2D eigenvalue weighted by Gasteiger charge is -2.28. The lowest BCUT2D eigenvalue weighted by atomic mass is 10.1. The average Bonchev–Trinajstić information content (AvgIpc) is 2.79. The first-order valence-corrected chi connectivity index (χ1v) is 9.95. The highest BCUT2D eigenvalue weighted by Crippen LogP contribution is 2.18. The van der Waals surface area contributed by atoms with Gasteiger partial charge in [0.25, 0.3) is 5.91 Å². The molecule has 0 fully saturated rings. The highest BCUT2D eigenvalue weighted by atomic mass is 16.5. The Hall–Kier alpha value is -3.22. The minimum Gasteiger partial charge on any atom is -0.497 e. The van der Waals surface area contributed by atoms with Crippen LogP contribution in [0.4, 0.5) is 0 Å². The molecule has 2 aromatic rings. The van der Waals surface area contributed by atoms with Crippen LogP contribution in [0.1, 0.15) is 25.8 Å². The number of hydrogen-bond donors (Lipinski definition) is 1. The van der Waals surface area contributed by atoms with Gasteiger partial charge >= 0.3 is 0 Å². The van der Waals surface area contributed by atoms with Crippen LogP contribution in [0, 0.1) is 0 Å². The highest BCUT2D eigenvalue weighted by Gasteiger charge is 2.26. The zero-order chi connectivity index (χ0) is 21.9. The van der Waals surface area contributed by atoms with E-state index in [0.29, 0.717) is 18.0 Å². The van der Waals surface area contributed by atoms with Gasteiger partial charge in [0.15, 0.2) is 6.61 Å². The maximum atomic E-state index is 13.0. The fraction of sp³-hybridized carbons (Fsp3) is 0.391. The van der Waals surface area contributed by atoms with Gasteiger partial charge < -0.3 is 24.4 Å². The Morgan fingerprint density at radius 3 is 2.00 bits per heavy atom. The zero-order valence-electron chi connectivity index (χ0n) is 18.0. The molecule has 7 heteroatoms. The van der Waals surface area contributed by atoms with Gasteiger partial charge in [0.2, 0.25) is 5.91 Å². The summed E-state index contributed by atoms with van der Waals surface area (Å²) in [5.74, 6) is 1.52. The maximum Gasteiger partial charge on any atom is 0.261 e. The molecule has 162 valence electrons. The van der Waals surface area contributed by atoms with Gasteiger partial charge in [-0.2, -0.15) is 0 Å². The fourth-order valence-corrected chi connectivity index (χ4v) is 2.81. The van der Waals surface area contributed by atoms with E-state index in [1.807, 2.05) is 31.2 Å². The molecule has 0 aliphatic carbocycles. The van der Waals surface area contributed by atoms with Crippen LogP contribution in [0.15, 0.2) is 48.5 Å². The van der Waals surface area contributed by atoms with E-state index >= 15 is 0 Å². The normalized spacial score (nSPS) is 11.3. The van der Waals surface area contributed by atoms with Crippen LogP contribution < -0.4 is 19.5 Å². The molecule has 2 aromatic carbocycles. The Morgan fingerprint density at radius 1 is 0.933 bits per heavy atom. The van der Waals surface area contributed by atoms with E-state index in [9.17, 15) is 9.59 Å². The van der Waals surface area contributed by atoms with Crippen molar-refractivity contribution in [2.24, 2.45) is 0 Å². The zero-order valence-corrected chi connectivity index (χ0v) is 18.0. The molecule has 0 heterocycles. The number of carbonyl (C=O) groups is 2. The molecule has 2 amide bonds. The van der Waals surface area contributed by atoms with Crippen molar-refractivity contribution in [3.05, 3.63) is 54.1 Å². The van der Waals surface area contributed by atoms with Crippen LogP contribution in [0.2, 0.25) is 0 Å². The summed E-state index contributed by atoms with van der Waals surface area (Å²) in [4.78, 5) is 27.0. The third-order valence-electron chi connectivity index (χ3n) is 4.65. The van der Waals surface area contributed by atoms with Crippen LogP contribution in [0.5, 0.6) is 17.2 Å². The van der Waals surface area contributed by atoms with Crippen molar-refractivity contribution in [1.29, 1.82) is 0 Å².